The second kappa shape index (κ2) is 6.68. The van der Waals surface area contributed by atoms with Crippen molar-refractivity contribution in [3.63, 3.8) is 0 Å². The van der Waals surface area contributed by atoms with Crippen molar-refractivity contribution < 1.29 is 8.42 Å². The summed E-state index contributed by atoms with van der Waals surface area (Å²) < 4.78 is 27.8. The summed E-state index contributed by atoms with van der Waals surface area (Å²) in [5.41, 5.74) is 2.01. The molecule has 0 fully saturated rings. The molecule has 1 rings (SSSR count). The summed E-state index contributed by atoms with van der Waals surface area (Å²) in [6.45, 7) is 6.55. The Morgan fingerprint density at radius 1 is 1.53 bits per heavy atom. The summed E-state index contributed by atoms with van der Waals surface area (Å²) in [5, 5.41) is 12.1. The van der Waals surface area contributed by atoms with Gasteiger partial charge in [-0.2, -0.15) is 10.4 Å². The molecule has 0 aliphatic rings. The number of nitrogens with one attached hydrogen (secondary N) is 1. The minimum absolute atomic E-state index is 0.295. The molecule has 0 aliphatic heterocycles. The number of aryl methyl sites for hydroxylation is 3. The highest BCUT2D eigenvalue weighted by Gasteiger charge is 2.22. The minimum Gasteiger partial charge on any atom is -0.270 e. The molecule has 0 bridgehead atoms. The third-order valence-electron chi connectivity index (χ3n) is 2.84. The van der Waals surface area contributed by atoms with E-state index < -0.39 is 15.3 Å². The van der Waals surface area contributed by atoms with Crippen molar-refractivity contribution >= 4 is 10.0 Å². The molecule has 1 unspecified atom stereocenters. The van der Waals surface area contributed by atoms with Gasteiger partial charge in [-0.15, -0.1) is 0 Å². The molecule has 0 spiro atoms. The summed E-state index contributed by atoms with van der Waals surface area (Å²) in [6, 6.07) is 3.77. The molecule has 19 heavy (non-hydrogen) atoms. The van der Waals surface area contributed by atoms with Crippen molar-refractivity contribution in [1.29, 1.82) is 5.26 Å². The van der Waals surface area contributed by atoms with Gasteiger partial charge in [-0.25, -0.2) is 13.1 Å². The average molecular weight is 284 g/mol. The number of nitrogens with zero attached hydrogens (tertiary/aromatic N) is 3. The van der Waals surface area contributed by atoms with E-state index in [0.717, 1.165) is 11.4 Å². The lowest BCUT2D eigenvalue weighted by molar-refractivity contribution is 0.540. The topological polar surface area (TPSA) is 87.8 Å². The molecule has 0 aromatic carbocycles. The molecule has 7 heteroatoms. The first-order valence-electron chi connectivity index (χ1n) is 6.30. The van der Waals surface area contributed by atoms with Crippen molar-refractivity contribution in [2.45, 2.75) is 45.4 Å². The van der Waals surface area contributed by atoms with E-state index >= 15 is 0 Å². The van der Waals surface area contributed by atoms with E-state index in [-0.39, 0.29) is 0 Å². The number of rotatable bonds is 7. The van der Waals surface area contributed by atoms with Crippen LogP contribution in [-0.4, -0.2) is 30.0 Å². The average Bonchev–Trinajstić information content (AvgIpc) is 2.64. The van der Waals surface area contributed by atoms with Gasteiger partial charge < -0.3 is 0 Å². The van der Waals surface area contributed by atoms with Crippen LogP contribution in [0.5, 0.6) is 0 Å². The second-order valence-corrected chi connectivity index (χ2v) is 6.42. The molecule has 0 saturated carbocycles. The van der Waals surface area contributed by atoms with Crippen LogP contribution in [-0.2, 0) is 16.6 Å². The second-order valence-electron chi connectivity index (χ2n) is 4.47. The Hall–Kier alpha value is -1.39. The predicted octanol–water partition coefficient (Wildman–Crippen LogP) is 1.11. The fraction of sp³-hybridized carbons (Fsp3) is 0.667. The molecule has 0 saturated heterocycles. The Morgan fingerprint density at radius 2 is 2.21 bits per heavy atom. The number of aromatic nitrogens is 2. The standard InChI is InChI=1S/C12H20N4O2S/c1-4-12(9-13)19(17,18)14-6-5-7-16-11(3)8-10(2)15-16/h8,12,14H,4-7H2,1-3H3. The Morgan fingerprint density at radius 3 is 2.68 bits per heavy atom. The zero-order chi connectivity index (χ0) is 14.5. The van der Waals surface area contributed by atoms with Crippen LogP contribution in [0.1, 0.15) is 31.2 Å². The molecule has 0 radical (unpaired) electrons. The number of hydrogen-bond donors (Lipinski definition) is 1. The lowest BCUT2D eigenvalue weighted by Gasteiger charge is -2.10. The maximum absolute atomic E-state index is 11.7. The zero-order valence-corrected chi connectivity index (χ0v) is 12.4. The SMILES string of the molecule is CCC(C#N)S(=O)(=O)NCCCn1nc(C)cc1C. The van der Waals surface area contributed by atoms with Crippen molar-refractivity contribution in [3.8, 4) is 6.07 Å². The van der Waals surface area contributed by atoms with Crippen LogP contribution in [0.3, 0.4) is 0 Å². The van der Waals surface area contributed by atoms with Gasteiger partial charge in [0.15, 0.2) is 5.25 Å². The van der Waals surface area contributed by atoms with Crippen LogP contribution in [0.25, 0.3) is 0 Å². The van der Waals surface area contributed by atoms with Crippen molar-refractivity contribution in [3.05, 3.63) is 17.5 Å². The first-order chi connectivity index (χ1) is 8.90. The summed E-state index contributed by atoms with van der Waals surface area (Å²) in [6.07, 6.45) is 0.937. The molecule has 0 amide bonds. The number of hydrogen-bond acceptors (Lipinski definition) is 4. The Kier molecular flexibility index (Phi) is 5.51. The van der Waals surface area contributed by atoms with Crippen LogP contribution >= 0.6 is 0 Å². The van der Waals surface area contributed by atoms with Crippen molar-refractivity contribution in [2.75, 3.05) is 6.54 Å². The molecule has 1 N–H and O–H groups in total. The summed E-state index contributed by atoms with van der Waals surface area (Å²) >= 11 is 0. The van der Waals surface area contributed by atoms with Crippen molar-refractivity contribution in [1.82, 2.24) is 14.5 Å². The summed E-state index contributed by atoms with van der Waals surface area (Å²) in [5.74, 6) is 0. The molecule has 1 heterocycles. The van der Waals surface area contributed by atoms with Gasteiger partial charge >= 0.3 is 0 Å². The van der Waals surface area contributed by atoms with Gasteiger partial charge in [0.25, 0.3) is 0 Å². The van der Waals surface area contributed by atoms with Gasteiger partial charge in [-0.05, 0) is 32.8 Å². The minimum atomic E-state index is -3.52. The summed E-state index contributed by atoms with van der Waals surface area (Å²) in [4.78, 5) is 0. The van der Waals surface area contributed by atoms with Crippen molar-refractivity contribution in [2.24, 2.45) is 0 Å². The third-order valence-corrected chi connectivity index (χ3v) is 4.64. The van der Waals surface area contributed by atoms with E-state index in [1.807, 2.05) is 24.6 Å². The number of nitriles is 1. The fourth-order valence-corrected chi connectivity index (χ4v) is 3.03. The Bertz CT molecular complexity index is 557. The maximum Gasteiger partial charge on any atom is 0.227 e. The first kappa shape index (κ1) is 15.7. The molecule has 0 aliphatic carbocycles. The highest BCUT2D eigenvalue weighted by atomic mass is 32.2. The third kappa shape index (κ3) is 4.33. The Labute approximate surface area is 114 Å². The van der Waals surface area contributed by atoms with E-state index in [1.54, 1.807) is 13.0 Å². The molecule has 106 valence electrons. The molecule has 1 atom stereocenters. The maximum atomic E-state index is 11.7. The highest BCUT2D eigenvalue weighted by Crippen LogP contribution is 2.04. The molecular weight excluding hydrogens is 264 g/mol. The Balaban J connectivity index is 2.43. The normalized spacial score (nSPS) is 13.2. The van der Waals surface area contributed by atoms with Crippen LogP contribution in [0.15, 0.2) is 6.07 Å². The number of sulfonamides is 1. The molecule has 1 aromatic rings. The fourth-order valence-electron chi connectivity index (χ4n) is 1.83. The van der Waals surface area contributed by atoms with E-state index in [1.165, 1.54) is 0 Å². The van der Waals surface area contributed by atoms with Crippen LogP contribution < -0.4 is 4.72 Å². The van der Waals surface area contributed by atoms with Crippen LogP contribution in [0.2, 0.25) is 0 Å². The van der Waals surface area contributed by atoms with Gasteiger partial charge in [0.2, 0.25) is 10.0 Å². The van der Waals surface area contributed by atoms with E-state index in [9.17, 15) is 8.42 Å². The first-order valence-corrected chi connectivity index (χ1v) is 7.84. The molecule has 1 aromatic heterocycles. The molecule has 6 nitrogen and oxygen atoms in total. The molecular formula is C12H20N4O2S. The predicted molar refractivity (Wildman–Crippen MR) is 72.9 cm³/mol. The van der Waals surface area contributed by atoms with Gasteiger partial charge in [-0.3, -0.25) is 4.68 Å². The lowest BCUT2D eigenvalue weighted by Crippen LogP contribution is -2.34. The van der Waals surface area contributed by atoms with Gasteiger partial charge in [0, 0.05) is 18.8 Å². The van der Waals surface area contributed by atoms with Crippen LogP contribution in [0, 0.1) is 25.2 Å². The summed E-state index contributed by atoms with van der Waals surface area (Å²) in [7, 11) is -3.52. The largest absolute Gasteiger partial charge is 0.270 e. The van der Waals surface area contributed by atoms with Gasteiger partial charge in [0.1, 0.15) is 0 Å². The van der Waals surface area contributed by atoms with E-state index in [4.69, 9.17) is 5.26 Å². The lowest BCUT2D eigenvalue weighted by atomic mass is 10.4. The van der Waals surface area contributed by atoms with Gasteiger partial charge in [-0.1, -0.05) is 6.92 Å². The smallest absolute Gasteiger partial charge is 0.227 e. The van der Waals surface area contributed by atoms with Gasteiger partial charge in [0.05, 0.1) is 11.8 Å². The monoisotopic (exact) mass is 284 g/mol. The zero-order valence-electron chi connectivity index (χ0n) is 11.5. The highest BCUT2D eigenvalue weighted by molar-refractivity contribution is 7.90. The van der Waals surface area contributed by atoms with E-state index in [2.05, 4.69) is 9.82 Å². The quantitative estimate of drug-likeness (QED) is 0.760. The van der Waals surface area contributed by atoms with E-state index in [0.29, 0.717) is 25.9 Å². The van der Waals surface area contributed by atoms with Crippen LogP contribution in [0.4, 0.5) is 0 Å².